The van der Waals surface area contributed by atoms with Gasteiger partial charge in [0.15, 0.2) is 11.6 Å². The van der Waals surface area contributed by atoms with E-state index < -0.39 is 11.6 Å². The number of para-hydroxylation sites is 3. The fourth-order valence-electron chi connectivity index (χ4n) is 9.12. The Morgan fingerprint density at radius 1 is 0.409 bits per heavy atom. The van der Waals surface area contributed by atoms with E-state index in [1.165, 1.54) is 74.1 Å². The van der Waals surface area contributed by atoms with Crippen LogP contribution in [0.1, 0.15) is 38.8 Å². The molecule has 93 heavy (non-hydrogen) atoms. The van der Waals surface area contributed by atoms with E-state index in [-0.39, 0.29) is 109 Å². The maximum absolute atomic E-state index is 13.9. The van der Waals surface area contributed by atoms with Gasteiger partial charge in [-0.25, -0.2) is 13.2 Å². The standard InChI is InChI=1S/C21H14N.C17H14N.C15H8F2N.C15H9FN.2C5H8O2.4Ir/c1-3-7-16(8-4-1)18-11-13-21-19(15-18)12-14-20(22-21)17-9-5-2-6-10-17;1-12-6-5-8-15(10-12)17-13(2)11-14-7-3-4-9-16(14)18-17;16-12-7-11(8-13(17)9-12)15-6-5-10-3-1-2-4-14(10)18-15;16-13-10-15(11-6-2-1-3-7-11)17-14-9-5-4-8-12(13)14;2*1-4(6)3-5(2)7;;;;/h1-9,11-15H;3-9,11H,1-2H3;1-7,9H;1-6,8-10H;2*3,6H,1-2H3;;;;/q4*-1;;;;;;. The first-order valence-corrected chi connectivity index (χ1v) is 28.3. The van der Waals surface area contributed by atoms with Crippen LogP contribution in [-0.2, 0) is 90.0 Å². The van der Waals surface area contributed by atoms with Crippen molar-refractivity contribution >= 4 is 55.2 Å². The summed E-state index contributed by atoms with van der Waals surface area (Å²) in [4.78, 5) is 38.3. The molecule has 0 atom stereocenters. The van der Waals surface area contributed by atoms with Crippen LogP contribution in [0.2, 0.25) is 0 Å². The number of nitrogens with zero attached hydrogens (tertiary/aromatic N) is 4. The average Bonchev–Trinajstić information content (AvgIpc) is 0.936. The molecule has 478 valence electrons. The van der Waals surface area contributed by atoms with Crippen molar-refractivity contribution in [2.45, 2.75) is 41.5 Å². The van der Waals surface area contributed by atoms with E-state index in [2.05, 4.69) is 133 Å². The second-order valence-electron chi connectivity index (χ2n) is 20.4. The molecule has 13 rings (SSSR count). The number of hydrogen-bond acceptors (Lipinski definition) is 8. The topological polar surface area (TPSA) is 126 Å². The maximum atomic E-state index is 13.9. The zero-order valence-corrected chi connectivity index (χ0v) is 60.7. The van der Waals surface area contributed by atoms with Crippen LogP contribution < -0.4 is 0 Å². The summed E-state index contributed by atoms with van der Waals surface area (Å²) in [6.45, 7) is 9.85. The van der Waals surface area contributed by atoms with E-state index in [1.54, 1.807) is 24.3 Å². The van der Waals surface area contributed by atoms with Gasteiger partial charge in [0.2, 0.25) is 0 Å². The van der Waals surface area contributed by atoms with Crippen molar-refractivity contribution in [3.8, 4) is 56.2 Å². The smallest absolute Gasteiger partial charge is 0.155 e. The van der Waals surface area contributed by atoms with Crippen LogP contribution >= 0.6 is 0 Å². The summed E-state index contributed by atoms with van der Waals surface area (Å²) in [5.74, 6) is -1.72. The van der Waals surface area contributed by atoms with E-state index in [1.807, 2.05) is 109 Å². The van der Waals surface area contributed by atoms with Crippen LogP contribution in [0, 0.1) is 55.6 Å². The van der Waals surface area contributed by atoms with Gasteiger partial charge in [-0.1, -0.05) is 134 Å². The Hall–Kier alpha value is -8.57. The summed E-state index contributed by atoms with van der Waals surface area (Å²) >= 11 is 0. The number of carbonyl (C=O) groups is 2. The molecule has 0 saturated heterocycles. The number of ketones is 2. The van der Waals surface area contributed by atoms with Gasteiger partial charge in [0.1, 0.15) is 5.82 Å². The molecule has 0 saturated carbocycles. The van der Waals surface area contributed by atoms with Gasteiger partial charge in [0.25, 0.3) is 0 Å². The van der Waals surface area contributed by atoms with Crippen molar-refractivity contribution in [1.82, 2.24) is 19.9 Å². The number of aliphatic hydroxyl groups excluding tert-OH is 2. The van der Waals surface area contributed by atoms with Crippen molar-refractivity contribution in [2.24, 2.45) is 0 Å². The third-order valence-corrected chi connectivity index (χ3v) is 13.0. The molecule has 4 radical (unpaired) electrons. The van der Waals surface area contributed by atoms with E-state index in [4.69, 9.17) is 20.2 Å². The fraction of sp³-hybridized carbons (Fsp3) is 0.0769. The molecule has 13 aromatic rings. The molecule has 4 heterocycles. The number of pyridine rings is 4. The third kappa shape index (κ3) is 23.5. The molecule has 0 aliphatic carbocycles. The molecule has 8 nitrogen and oxygen atoms in total. The first-order chi connectivity index (χ1) is 43.0. The number of allylic oxidation sites excluding steroid dienone is 4. The quantitative estimate of drug-likeness (QED) is 0.0918. The summed E-state index contributed by atoms with van der Waals surface area (Å²) in [6.07, 6.45) is 2.33. The fourth-order valence-corrected chi connectivity index (χ4v) is 9.12. The number of hydrogen-bond donors (Lipinski definition) is 2. The number of aliphatic hydroxyl groups is 2. The van der Waals surface area contributed by atoms with E-state index in [0.29, 0.717) is 27.9 Å². The van der Waals surface area contributed by atoms with Crippen molar-refractivity contribution in [3.63, 3.8) is 0 Å². The van der Waals surface area contributed by atoms with Crippen molar-refractivity contribution < 1.29 is 113 Å². The summed E-state index contributed by atoms with van der Waals surface area (Å²) in [6, 6.07) is 86.9. The zero-order valence-electron chi connectivity index (χ0n) is 51.1. The monoisotopic (exact) mass is 1950 g/mol. The molecular formula is C78H61F3Ir4N4O4-4. The zero-order chi connectivity index (χ0) is 63.2. The van der Waals surface area contributed by atoms with Crippen molar-refractivity contribution in [2.75, 3.05) is 0 Å². The third-order valence-electron chi connectivity index (χ3n) is 13.0. The van der Waals surface area contributed by atoms with Gasteiger partial charge in [0, 0.05) is 110 Å². The van der Waals surface area contributed by atoms with Gasteiger partial charge in [-0.2, -0.15) is 0 Å². The number of rotatable bonds is 7. The predicted molar refractivity (Wildman–Crippen MR) is 353 cm³/mol. The van der Waals surface area contributed by atoms with Gasteiger partial charge in [0.05, 0.1) is 33.6 Å². The largest absolute Gasteiger partial charge is 0.512 e. The molecule has 0 fully saturated rings. The summed E-state index contributed by atoms with van der Waals surface area (Å²) < 4.78 is 40.1. The minimum atomic E-state index is -0.722. The van der Waals surface area contributed by atoms with E-state index in [0.717, 1.165) is 67.0 Å². The Morgan fingerprint density at radius 3 is 1.47 bits per heavy atom. The molecule has 2 N–H and O–H groups in total. The van der Waals surface area contributed by atoms with Crippen LogP contribution in [0.3, 0.4) is 0 Å². The van der Waals surface area contributed by atoms with Crippen LogP contribution in [0.4, 0.5) is 13.2 Å². The molecule has 0 aliphatic heterocycles. The summed E-state index contributed by atoms with van der Waals surface area (Å²) in [7, 11) is 0. The summed E-state index contributed by atoms with van der Waals surface area (Å²) in [5, 5.41) is 20.6. The Labute approximate surface area is 594 Å². The molecule has 0 unspecified atom stereocenters. The van der Waals surface area contributed by atoms with Crippen molar-refractivity contribution in [1.29, 1.82) is 0 Å². The van der Waals surface area contributed by atoms with Gasteiger partial charge in [-0.05, 0) is 127 Å². The number of benzene rings is 9. The van der Waals surface area contributed by atoms with Crippen LogP contribution in [0.5, 0.6) is 0 Å². The number of fused-ring (bicyclic) bond motifs is 4. The van der Waals surface area contributed by atoms with Gasteiger partial charge in [-0.3, -0.25) is 29.5 Å². The van der Waals surface area contributed by atoms with E-state index >= 15 is 0 Å². The Balaban J connectivity index is 0.000000245. The maximum Gasteiger partial charge on any atom is 0.155 e. The minimum Gasteiger partial charge on any atom is -0.512 e. The first-order valence-electron chi connectivity index (χ1n) is 28.3. The molecule has 15 heteroatoms. The molecular weight excluding hydrogens is 1880 g/mol. The Kier molecular flexibility index (Phi) is 31.8. The Bertz CT molecular complexity index is 4500. The SMILES string of the molecule is CC(=O)C=C(C)O.CC(=O)C=C(C)O.Cc1[c-]c(-c2nc3ccccc3cc2C)ccc1.Fc1[c-]c(-c2ccc3ccccc3n2)cc(F)c1.Fc1cc(-c2[c-]cccc2)nc2ccccc12.[Ir].[Ir].[Ir].[Ir].[c-]1ccccc1-c1ccc2cc(-c3ccccc3)ccc2n1. The number of aromatic nitrogens is 4. The second-order valence-corrected chi connectivity index (χ2v) is 20.4. The molecule has 9 aromatic carbocycles. The van der Waals surface area contributed by atoms with Crippen molar-refractivity contribution in [3.05, 3.63) is 313 Å². The molecule has 4 aromatic heterocycles. The normalized spacial score (nSPS) is 10.4. The molecule has 0 spiro atoms. The van der Waals surface area contributed by atoms with Crippen LogP contribution in [0.15, 0.2) is 260 Å². The van der Waals surface area contributed by atoms with E-state index in [9.17, 15) is 22.8 Å². The number of carbonyl (C=O) groups excluding carboxylic acids is 2. The van der Waals surface area contributed by atoms with Crippen LogP contribution in [0.25, 0.3) is 99.8 Å². The number of aryl methyl sites for hydroxylation is 2. The van der Waals surface area contributed by atoms with Gasteiger partial charge >= 0.3 is 0 Å². The summed E-state index contributed by atoms with van der Waals surface area (Å²) in [5.41, 5.74) is 14.6. The molecule has 0 amide bonds. The molecule has 0 bridgehead atoms. The predicted octanol–water partition coefficient (Wildman–Crippen LogP) is 19.6. The van der Waals surface area contributed by atoms with Gasteiger partial charge in [-0.15, -0.1) is 125 Å². The Morgan fingerprint density at radius 2 is 0.903 bits per heavy atom. The number of halogens is 3. The second kappa shape index (κ2) is 38.4. The molecule has 0 aliphatic rings. The minimum absolute atomic E-state index is 0. The first kappa shape index (κ1) is 76.9. The average molecular weight is 1940 g/mol. The van der Waals surface area contributed by atoms with Crippen LogP contribution in [-0.4, -0.2) is 41.7 Å². The van der Waals surface area contributed by atoms with Gasteiger partial charge < -0.3 is 10.2 Å².